The second-order valence-corrected chi connectivity index (χ2v) is 4.06. The zero-order valence-electron chi connectivity index (χ0n) is 7.93. The Bertz CT molecular complexity index is 287. The average molecular weight is 214 g/mol. The van der Waals surface area contributed by atoms with E-state index in [-0.39, 0.29) is 18.6 Å². The van der Waals surface area contributed by atoms with Gasteiger partial charge in [-0.1, -0.05) is 6.07 Å². The van der Waals surface area contributed by atoms with E-state index in [1.165, 1.54) is 11.3 Å². The lowest BCUT2D eigenvalue weighted by Crippen LogP contribution is -2.40. The molecule has 5 heteroatoms. The van der Waals surface area contributed by atoms with Crippen molar-refractivity contribution in [1.29, 1.82) is 0 Å². The maximum Gasteiger partial charge on any atom is 0.242 e. The van der Waals surface area contributed by atoms with Crippen molar-refractivity contribution in [2.24, 2.45) is 5.73 Å². The molecule has 0 spiro atoms. The molecule has 0 saturated heterocycles. The van der Waals surface area contributed by atoms with Crippen molar-refractivity contribution in [3.8, 4) is 0 Å². The fourth-order valence-electron chi connectivity index (χ4n) is 0.976. The lowest BCUT2D eigenvalue weighted by Gasteiger charge is -2.14. The zero-order chi connectivity index (χ0) is 10.6. The first-order valence-electron chi connectivity index (χ1n) is 4.35. The molecule has 4 N–H and O–H groups in total. The molecule has 2 unspecified atom stereocenters. The maximum absolute atomic E-state index is 11.5. The smallest absolute Gasteiger partial charge is 0.242 e. The molecule has 0 aliphatic carbocycles. The molecule has 0 bridgehead atoms. The van der Waals surface area contributed by atoms with Crippen LogP contribution >= 0.6 is 11.3 Å². The standard InChI is InChI=1S/C9H14N2O2S/c1-6(5-12)11-9(13)8(10)7-3-2-4-14-7/h2-4,6,8,12H,5,10H2,1H3,(H,11,13). The van der Waals surface area contributed by atoms with E-state index in [9.17, 15) is 4.79 Å². The highest BCUT2D eigenvalue weighted by Gasteiger charge is 2.17. The Balaban J connectivity index is 2.53. The molecule has 78 valence electrons. The maximum atomic E-state index is 11.5. The minimum Gasteiger partial charge on any atom is -0.394 e. The van der Waals surface area contributed by atoms with Crippen LogP contribution in [-0.4, -0.2) is 23.7 Å². The summed E-state index contributed by atoms with van der Waals surface area (Å²) >= 11 is 1.45. The van der Waals surface area contributed by atoms with Gasteiger partial charge in [-0.3, -0.25) is 4.79 Å². The Morgan fingerprint density at radius 1 is 1.79 bits per heavy atom. The first-order valence-corrected chi connectivity index (χ1v) is 5.23. The molecule has 0 aliphatic heterocycles. The highest BCUT2D eigenvalue weighted by molar-refractivity contribution is 7.10. The minimum absolute atomic E-state index is 0.0805. The van der Waals surface area contributed by atoms with Gasteiger partial charge in [-0.05, 0) is 18.4 Å². The number of amides is 1. The summed E-state index contributed by atoms with van der Waals surface area (Å²) in [6, 6.07) is 2.78. The molecule has 0 aliphatic rings. The van der Waals surface area contributed by atoms with E-state index in [1.807, 2.05) is 17.5 Å². The number of rotatable bonds is 4. The summed E-state index contributed by atoms with van der Waals surface area (Å²) in [7, 11) is 0. The van der Waals surface area contributed by atoms with Gasteiger partial charge in [-0.25, -0.2) is 0 Å². The molecule has 2 atom stereocenters. The monoisotopic (exact) mass is 214 g/mol. The molecule has 0 aromatic carbocycles. The lowest BCUT2D eigenvalue weighted by molar-refractivity contribution is -0.123. The predicted octanol–water partition coefficient (Wildman–Crippen LogP) is 0.245. The van der Waals surface area contributed by atoms with E-state index in [0.717, 1.165) is 4.88 Å². The van der Waals surface area contributed by atoms with Crippen LogP contribution < -0.4 is 11.1 Å². The number of hydrogen-bond acceptors (Lipinski definition) is 4. The zero-order valence-corrected chi connectivity index (χ0v) is 8.75. The van der Waals surface area contributed by atoms with E-state index in [2.05, 4.69) is 5.32 Å². The van der Waals surface area contributed by atoms with Gasteiger partial charge in [0.25, 0.3) is 0 Å². The van der Waals surface area contributed by atoms with Crippen molar-refractivity contribution in [3.05, 3.63) is 22.4 Å². The van der Waals surface area contributed by atoms with Crippen LogP contribution in [0.3, 0.4) is 0 Å². The summed E-state index contributed by atoms with van der Waals surface area (Å²) in [5, 5.41) is 13.2. The molecular formula is C9H14N2O2S. The first-order chi connectivity index (χ1) is 6.65. The van der Waals surface area contributed by atoms with Gasteiger partial charge < -0.3 is 16.2 Å². The van der Waals surface area contributed by atoms with Crippen LogP contribution in [0.1, 0.15) is 17.8 Å². The van der Waals surface area contributed by atoms with Gasteiger partial charge in [-0.15, -0.1) is 11.3 Å². The van der Waals surface area contributed by atoms with E-state index >= 15 is 0 Å². The van der Waals surface area contributed by atoms with Crippen LogP contribution in [0.5, 0.6) is 0 Å². The predicted molar refractivity (Wildman–Crippen MR) is 55.9 cm³/mol. The second kappa shape index (κ2) is 5.09. The third kappa shape index (κ3) is 2.80. The Morgan fingerprint density at radius 3 is 3.00 bits per heavy atom. The average Bonchev–Trinajstić information content (AvgIpc) is 2.69. The van der Waals surface area contributed by atoms with Crippen molar-refractivity contribution >= 4 is 17.2 Å². The Morgan fingerprint density at radius 2 is 2.50 bits per heavy atom. The van der Waals surface area contributed by atoms with Gasteiger partial charge >= 0.3 is 0 Å². The molecule has 0 fully saturated rings. The van der Waals surface area contributed by atoms with E-state index < -0.39 is 6.04 Å². The quantitative estimate of drug-likeness (QED) is 0.672. The van der Waals surface area contributed by atoms with Crippen LogP contribution in [-0.2, 0) is 4.79 Å². The largest absolute Gasteiger partial charge is 0.394 e. The number of thiophene rings is 1. The van der Waals surface area contributed by atoms with Crippen LogP contribution in [0.25, 0.3) is 0 Å². The normalized spacial score (nSPS) is 14.8. The number of aliphatic hydroxyl groups excluding tert-OH is 1. The Labute approximate surface area is 86.7 Å². The number of aliphatic hydroxyl groups is 1. The summed E-state index contributed by atoms with van der Waals surface area (Å²) in [5.41, 5.74) is 5.70. The topological polar surface area (TPSA) is 75.3 Å². The summed E-state index contributed by atoms with van der Waals surface area (Å²) in [6.45, 7) is 1.64. The van der Waals surface area contributed by atoms with Crippen molar-refractivity contribution in [1.82, 2.24) is 5.32 Å². The van der Waals surface area contributed by atoms with Gasteiger partial charge in [0.05, 0.1) is 6.61 Å². The van der Waals surface area contributed by atoms with E-state index in [0.29, 0.717) is 0 Å². The Hall–Kier alpha value is -0.910. The van der Waals surface area contributed by atoms with E-state index in [1.54, 1.807) is 6.92 Å². The highest BCUT2D eigenvalue weighted by atomic mass is 32.1. The van der Waals surface area contributed by atoms with Gasteiger partial charge in [0.2, 0.25) is 5.91 Å². The number of nitrogens with two attached hydrogens (primary N) is 1. The summed E-state index contributed by atoms with van der Waals surface area (Å²) in [5.74, 6) is -0.256. The third-order valence-corrected chi connectivity index (χ3v) is 2.75. The molecule has 1 rings (SSSR count). The number of hydrogen-bond donors (Lipinski definition) is 3. The fraction of sp³-hybridized carbons (Fsp3) is 0.444. The van der Waals surface area contributed by atoms with Crippen molar-refractivity contribution in [2.75, 3.05) is 6.61 Å². The molecule has 4 nitrogen and oxygen atoms in total. The molecular weight excluding hydrogens is 200 g/mol. The summed E-state index contributed by atoms with van der Waals surface area (Å²) < 4.78 is 0. The fourth-order valence-corrected chi connectivity index (χ4v) is 1.70. The van der Waals surface area contributed by atoms with E-state index in [4.69, 9.17) is 10.8 Å². The highest BCUT2D eigenvalue weighted by Crippen LogP contribution is 2.16. The van der Waals surface area contributed by atoms with Crippen molar-refractivity contribution in [2.45, 2.75) is 19.0 Å². The van der Waals surface area contributed by atoms with Gasteiger partial charge in [0, 0.05) is 10.9 Å². The molecule has 1 heterocycles. The van der Waals surface area contributed by atoms with Crippen LogP contribution in [0.4, 0.5) is 0 Å². The first kappa shape index (κ1) is 11.2. The number of nitrogens with one attached hydrogen (secondary N) is 1. The number of carbonyl (C=O) groups is 1. The van der Waals surface area contributed by atoms with Gasteiger partial charge in [0.15, 0.2) is 0 Å². The van der Waals surface area contributed by atoms with Gasteiger partial charge in [0.1, 0.15) is 6.04 Å². The molecule has 1 aromatic rings. The Kier molecular flexibility index (Phi) is 4.06. The lowest BCUT2D eigenvalue weighted by atomic mass is 10.2. The third-order valence-electron chi connectivity index (χ3n) is 1.79. The summed E-state index contributed by atoms with van der Waals surface area (Å²) in [6.07, 6.45) is 0. The van der Waals surface area contributed by atoms with Crippen molar-refractivity contribution in [3.63, 3.8) is 0 Å². The molecule has 14 heavy (non-hydrogen) atoms. The molecule has 1 aromatic heterocycles. The molecule has 0 saturated carbocycles. The molecule has 1 amide bonds. The molecule has 0 radical (unpaired) electrons. The van der Waals surface area contributed by atoms with Gasteiger partial charge in [-0.2, -0.15) is 0 Å². The van der Waals surface area contributed by atoms with Crippen LogP contribution in [0.2, 0.25) is 0 Å². The second-order valence-electron chi connectivity index (χ2n) is 3.09. The number of carbonyl (C=O) groups excluding carboxylic acids is 1. The van der Waals surface area contributed by atoms with Crippen LogP contribution in [0, 0.1) is 0 Å². The van der Waals surface area contributed by atoms with Crippen LogP contribution in [0.15, 0.2) is 17.5 Å². The minimum atomic E-state index is -0.635. The SMILES string of the molecule is CC(CO)NC(=O)C(N)c1cccs1. The van der Waals surface area contributed by atoms with Crippen molar-refractivity contribution < 1.29 is 9.90 Å². The summed E-state index contributed by atoms with van der Waals surface area (Å²) in [4.78, 5) is 12.3.